The third-order valence-electron chi connectivity index (χ3n) is 5.31. The van der Waals surface area contributed by atoms with Gasteiger partial charge in [0.1, 0.15) is 0 Å². The number of morpholine rings is 1. The zero-order valence-electron chi connectivity index (χ0n) is 16.8. The van der Waals surface area contributed by atoms with Crippen LogP contribution in [0.25, 0.3) is 0 Å². The molecule has 3 rings (SSSR count). The molecule has 1 heterocycles. The Bertz CT molecular complexity index is 885. The van der Waals surface area contributed by atoms with E-state index in [0.717, 1.165) is 17.7 Å². The van der Waals surface area contributed by atoms with Crippen LogP contribution in [0.5, 0.6) is 0 Å². The zero-order chi connectivity index (χ0) is 21.9. The number of ether oxygens (including phenoxy) is 2. The van der Waals surface area contributed by atoms with Crippen LogP contribution in [0.2, 0.25) is 0 Å². The van der Waals surface area contributed by atoms with Gasteiger partial charge < -0.3 is 14.6 Å². The van der Waals surface area contributed by atoms with Crippen LogP contribution in [-0.4, -0.2) is 48.8 Å². The zero-order valence-corrected chi connectivity index (χ0v) is 16.8. The van der Waals surface area contributed by atoms with Crippen molar-refractivity contribution in [1.82, 2.24) is 4.90 Å². The monoisotopic (exact) mass is 423 g/mol. The number of methoxy groups -OCH3 is 1. The van der Waals surface area contributed by atoms with Gasteiger partial charge >= 0.3 is 12.1 Å². The molecule has 0 aromatic heterocycles. The molecule has 1 aliphatic rings. The van der Waals surface area contributed by atoms with Gasteiger partial charge in [-0.05, 0) is 43.2 Å². The molecule has 2 aromatic carbocycles. The van der Waals surface area contributed by atoms with Gasteiger partial charge in [0.15, 0.2) is 0 Å². The lowest BCUT2D eigenvalue weighted by molar-refractivity contribution is -0.252. The second kappa shape index (κ2) is 8.75. The smallest absolute Gasteiger partial charge is 0.416 e. The Morgan fingerprint density at radius 3 is 2.60 bits per heavy atom. The predicted octanol–water partition coefficient (Wildman–Crippen LogP) is 3.60. The second-order valence-electron chi connectivity index (χ2n) is 7.42. The van der Waals surface area contributed by atoms with Crippen LogP contribution in [0, 0.1) is 0 Å². The quantitative estimate of drug-likeness (QED) is 0.745. The first-order valence-corrected chi connectivity index (χ1v) is 9.58. The minimum Gasteiger partial charge on any atom is -0.465 e. The Labute approximate surface area is 173 Å². The van der Waals surface area contributed by atoms with Crippen LogP contribution in [0.4, 0.5) is 13.2 Å². The molecule has 2 atom stereocenters. The fourth-order valence-electron chi connectivity index (χ4n) is 3.59. The number of nitrogens with zero attached hydrogens (tertiary/aromatic N) is 1. The fourth-order valence-corrected chi connectivity index (χ4v) is 3.59. The first-order chi connectivity index (χ1) is 14.1. The number of carbonyl (C=O) groups is 1. The maximum Gasteiger partial charge on any atom is 0.416 e. The van der Waals surface area contributed by atoms with E-state index in [9.17, 15) is 23.1 Å². The minimum atomic E-state index is -4.50. The standard InChI is InChI=1S/C22H24F3NO4/c1-15(12-16-6-8-17(9-7-16)20(27)29-2)26-10-11-30-21(28,14-26)18-4-3-5-19(13-18)22(23,24)25/h3-9,13,15,28H,10-12,14H2,1-2H3. The normalized spacial score (nSPS) is 21.3. The van der Waals surface area contributed by atoms with E-state index >= 15 is 0 Å². The van der Waals surface area contributed by atoms with Gasteiger partial charge in [0.2, 0.25) is 5.79 Å². The fraction of sp³-hybridized carbons (Fsp3) is 0.409. The molecule has 0 radical (unpaired) electrons. The lowest BCUT2D eigenvalue weighted by Crippen LogP contribution is -2.53. The second-order valence-corrected chi connectivity index (χ2v) is 7.42. The first kappa shape index (κ1) is 22.3. The van der Waals surface area contributed by atoms with E-state index in [1.165, 1.54) is 19.2 Å². The SMILES string of the molecule is COC(=O)c1ccc(CC(C)N2CCOC(O)(c3cccc(C(F)(F)F)c3)C2)cc1. The van der Waals surface area contributed by atoms with Crippen molar-refractivity contribution in [3.8, 4) is 0 Å². The number of β-amino-alcohol motifs (C(OH)–C–C–N with tert-alkyl or cyclic N) is 1. The highest BCUT2D eigenvalue weighted by Gasteiger charge is 2.39. The summed E-state index contributed by atoms with van der Waals surface area (Å²) in [6, 6.07) is 11.6. The molecule has 162 valence electrons. The van der Waals surface area contributed by atoms with Crippen LogP contribution in [0.3, 0.4) is 0 Å². The van der Waals surface area contributed by atoms with Gasteiger partial charge in [0.05, 0.1) is 31.4 Å². The summed E-state index contributed by atoms with van der Waals surface area (Å²) in [6.07, 6.45) is -3.86. The molecule has 5 nitrogen and oxygen atoms in total. The van der Waals surface area contributed by atoms with Crippen molar-refractivity contribution >= 4 is 5.97 Å². The van der Waals surface area contributed by atoms with Crippen LogP contribution in [0.15, 0.2) is 48.5 Å². The highest BCUT2D eigenvalue weighted by atomic mass is 19.4. The molecule has 0 saturated carbocycles. The molecule has 2 aromatic rings. The van der Waals surface area contributed by atoms with Crippen molar-refractivity contribution in [2.24, 2.45) is 0 Å². The topological polar surface area (TPSA) is 59.0 Å². The van der Waals surface area contributed by atoms with E-state index in [1.54, 1.807) is 12.1 Å². The maximum absolute atomic E-state index is 13.0. The lowest BCUT2D eigenvalue weighted by Gasteiger charge is -2.42. The van der Waals surface area contributed by atoms with E-state index in [2.05, 4.69) is 4.74 Å². The van der Waals surface area contributed by atoms with Gasteiger partial charge in [-0.2, -0.15) is 13.2 Å². The molecule has 0 amide bonds. The van der Waals surface area contributed by atoms with E-state index in [0.29, 0.717) is 18.5 Å². The summed E-state index contributed by atoms with van der Waals surface area (Å²) >= 11 is 0. The van der Waals surface area contributed by atoms with Crippen molar-refractivity contribution in [2.75, 3.05) is 26.8 Å². The summed E-state index contributed by atoms with van der Waals surface area (Å²) < 4.78 is 49.3. The van der Waals surface area contributed by atoms with Crippen molar-refractivity contribution in [2.45, 2.75) is 31.3 Å². The Morgan fingerprint density at radius 1 is 1.27 bits per heavy atom. The van der Waals surface area contributed by atoms with Gasteiger partial charge in [0, 0.05) is 18.2 Å². The van der Waals surface area contributed by atoms with E-state index < -0.39 is 23.5 Å². The number of aliphatic hydroxyl groups is 1. The van der Waals surface area contributed by atoms with Crippen molar-refractivity contribution in [1.29, 1.82) is 0 Å². The highest BCUT2D eigenvalue weighted by molar-refractivity contribution is 5.89. The van der Waals surface area contributed by atoms with Crippen molar-refractivity contribution in [3.05, 3.63) is 70.8 Å². The molecule has 1 N–H and O–H groups in total. The lowest BCUT2D eigenvalue weighted by atomic mass is 9.98. The molecule has 0 spiro atoms. The van der Waals surface area contributed by atoms with E-state index in [-0.39, 0.29) is 24.8 Å². The third kappa shape index (κ3) is 5.00. The largest absolute Gasteiger partial charge is 0.465 e. The van der Waals surface area contributed by atoms with Gasteiger partial charge in [-0.15, -0.1) is 0 Å². The summed E-state index contributed by atoms with van der Waals surface area (Å²) in [7, 11) is 1.32. The molecule has 0 bridgehead atoms. The molecular formula is C22H24F3NO4. The van der Waals surface area contributed by atoms with Crippen molar-refractivity contribution in [3.63, 3.8) is 0 Å². The number of rotatable bonds is 5. The summed E-state index contributed by atoms with van der Waals surface area (Å²) in [5, 5.41) is 11.0. The summed E-state index contributed by atoms with van der Waals surface area (Å²) in [6.45, 7) is 2.77. The summed E-state index contributed by atoms with van der Waals surface area (Å²) in [5.74, 6) is -2.23. The Balaban J connectivity index is 1.71. The number of alkyl halides is 3. The Morgan fingerprint density at radius 2 is 1.97 bits per heavy atom. The number of benzene rings is 2. The third-order valence-corrected chi connectivity index (χ3v) is 5.31. The first-order valence-electron chi connectivity index (χ1n) is 9.58. The van der Waals surface area contributed by atoms with Crippen molar-refractivity contribution < 1.29 is 32.5 Å². The number of carbonyl (C=O) groups excluding carboxylic acids is 1. The molecule has 1 fully saturated rings. The van der Waals surface area contributed by atoms with Gasteiger partial charge in [-0.25, -0.2) is 4.79 Å². The Kier molecular flexibility index (Phi) is 6.50. The molecule has 8 heteroatoms. The van der Waals surface area contributed by atoms with Crippen LogP contribution >= 0.6 is 0 Å². The molecule has 0 aliphatic carbocycles. The number of hydrogen-bond acceptors (Lipinski definition) is 5. The summed E-state index contributed by atoms with van der Waals surface area (Å²) in [4.78, 5) is 13.5. The van der Waals surface area contributed by atoms with Crippen LogP contribution < -0.4 is 0 Å². The molecular weight excluding hydrogens is 399 g/mol. The molecule has 1 aliphatic heterocycles. The van der Waals surface area contributed by atoms with Gasteiger partial charge in [-0.1, -0.05) is 24.3 Å². The number of hydrogen-bond donors (Lipinski definition) is 1. The van der Waals surface area contributed by atoms with Crippen LogP contribution in [-0.2, 0) is 27.9 Å². The number of esters is 1. The van der Waals surface area contributed by atoms with Gasteiger partial charge in [0.25, 0.3) is 0 Å². The predicted molar refractivity (Wildman–Crippen MR) is 104 cm³/mol. The number of halogens is 3. The van der Waals surface area contributed by atoms with E-state index in [4.69, 9.17) is 4.74 Å². The van der Waals surface area contributed by atoms with Crippen LogP contribution in [0.1, 0.15) is 34.0 Å². The molecule has 2 unspecified atom stereocenters. The minimum absolute atomic E-state index is 0.00444. The highest BCUT2D eigenvalue weighted by Crippen LogP contribution is 2.34. The molecule has 1 saturated heterocycles. The molecule has 30 heavy (non-hydrogen) atoms. The average molecular weight is 423 g/mol. The summed E-state index contributed by atoms with van der Waals surface area (Å²) in [5.41, 5.74) is 0.702. The average Bonchev–Trinajstić information content (AvgIpc) is 2.73. The van der Waals surface area contributed by atoms with Gasteiger partial charge in [-0.3, -0.25) is 4.90 Å². The maximum atomic E-state index is 13.0. The Hall–Kier alpha value is -2.42. The van der Waals surface area contributed by atoms with E-state index in [1.807, 2.05) is 24.0 Å².